The molecular formula is C25H32N4O3S. The number of aromatic nitrogens is 3. The molecule has 1 heterocycles. The van der Waals surface area contributed by atoms with Crippen LogP contribution >= 0.6 is 11.8 Å². The van der Waals surface area contributed by atoms with Crippen LogP contribution in [-0.4, -0.2) is 60.0 Å². The Bertz CT molecular complexity index is 1070. The summed E-state index contributed by atoms with van der Waals surface area (Å²) in [5.74, 6) is 2.17. The van der Waals surface area contributed by atoms with E-state index in [2.05, 4.69) is 28.6 Å². The molecule has 3 rings (SSSR count). The Balaban J connectivity index is 1.91. The Morgan fingerprint density at radius 3 is 2.67 bits per heavy atom. The summed E-state index contributed by atoms with van der Waals surface area (Å²) in [4.78, 5) is 14.7. The molecule has 8 heteroatoms. The molecule has 0 radical (unpaired) electrons. The average molecular weight is 469 g/mol. The zero-order valence-corrected chi connectivity index (χ0v) is 20.8. The molecule has 33 heavy (non-hydrogen) atoms. The summed E-state index contributed by atoms with van der Waals surface area (Å²) in [5.41, 5.74) is 2.63. The van der Waals surface area contributed by atoms with Crippen molar-refractivity contribution in [3.05, 3.63) is 59.7 Å². The molecule has 0 aliphatic rings. The van der Waals surface area contributed by atoms with E-state index in [-0.39, 0.29) is 11.9 Å². The molecular weight excluding hydrogens is 436 g/mol. The number of ether oxygens (including phenoxy) is 2. The van der Waals surface area contributed by atoms with Crippen LogP contribution in [0.4, 0.5) is 0 Å². The molecule has 2 aromatic carbocycles. The van der Waals surface area contributed by atoms with E-state index in [0.29, 0.717) is 12.4 Å². The first-order valence-corrected chi connectivity index (χ1v) is 12.0. The van der Waals surface area contributed by atoms with Crippen LogP contribution in [0, 0.1) is 0 Å². The SMILES string of the molecule is CCCN(C)C(=O)c1ccccc1CSc1nnc(-c2cccc(OC)c2)n1[C@H](C)COC. The second kappa shape index (κ2) is 11.9. The monoisotopic (exact) mass is 468 g/mol. The Kier molecular flexibility index (Phi) is 8.91. The van der Waals surface area contributed by atoms with Gasteiger partial charge in [-0.05, 0) is 37.1 Å². The normalized spacial score (nSPS) is 11.9. The van der Waals surface area contributed by atoms with Gasteiger partial charge in [0.25, 0.3) is 5.91 Å². The van der Waals surface area contributed by atoms with Crippen LogP contribution in [0.5, 0.6) is 5.75 Å². The maximum Gasteiger partial charge on any atom is 0.253 e. The van der Waals surface area contributed by atoms with Gasteiger partial charge < -0.3 is 14.4 Å². The number of hydrogen-bond donors (Lipinski definition) is 0. The summed E-state index contributed by atoms with van der Waals surface area (Å²) in [6.07, 6.45) is 0.923. The molecule has 0 saturated carbocycles. The third-order valence-corrected chi connectivity index (χ3v) is 6.34. The Labute approximate surface area is 200 Å². The summed E-state index contributed by atoms with van der Waals surface area (Å²) in [7, 11) is 5.18. The van der Waals surface area contributed by atoms with Crippen molar-refractivity contribution in [2.24, 2.45) is 0 Å². The first-order valence-electron chi connectivity index (χ1n) is 11.0. The molecule has 0 unspecified atom stereocenters. The van der Waals surface area contributed by atoms with Gasteiger partial charge in [0, 0.05) is 37.6 Å². The van der Waals surface area contributed by atoms with Gasteiger partial charge >= 0.3 is 0 Å². The zero-order chi connectivity index (χ0) is 23.8. The molecule has 0 N–H and O–H groups in total. The number of amides is 1. The lowest BCUT2D eigenvalue weighted by Crippen LogP contribution is -2.28. The van der Waals surface area contributed by atoms with Crippen molar-refractivity contribution < 1.29 is 14.3 Å². The van der Waals surface area contributed by atoms with Crippen molar-refractivity contribution in [1.29, 1.82) is 0 Å². The number of thioether (sulfide) groups is 1. The van der Waals surface area contributed by atoms with Crippen molar-refractivity contribution in [3.8, 4) is 17.1 Å². The first-order chi connectivity index (χ1) is 16.0. The summed E-state index contributed by atoms with van der Waals surface area (Å²) in [5, 5.41) is 9.76. The third-order valence-electron chi connectivity index (χ3n) is 5.35. The van der Waals surface area contributed by atoms with E-state index >= 15 is 0 Å². The fourth-order valence-corrected chi connectivity index (χ4v) is 4.73. The number of rotatable bonds is 11. The van der Waals surface area contributed by atoms with Gasteiger partial charge in [-0.1, -0.05) is 49.0 Å². The van der Waals surface area contributed by atoms with Gasteiger partial charge in [-0.25, -0.2) is 0 Å². The first kappa shape index (κ1) is 24.8. The molecule has 0 fully saturated rings. The third kappa shape index (κ3) is 5.94. The van der Waals surface area contributed by atoms with Crippen LogP contribution in [0.1, 0.15) is 42.2 Å². The lowest BCUT2D eigenvalue weighted by atomic mass is 10.1. The van der Waals surface area contributed by atoms with Crippen LogP contribution < -0.4 is 4.74 Å². The van der Waals surface area contributed by atoms with E-state index in [0.717, 1.165) is 46.4 Å². The van der Waals surface area contributed by atoms with Crippen molar-refractivity contribution in [2.75, 3.05) is 34.4 Å². The lowest BCUT2D eigenvalue weighted by Gasteiger charge is -2.19. The van der Waals surface area contributed by atoms with E-state index in [1.807, 2.05) is 55.6 Å². The molecule has 176 valence electrons. The zero-order valence-electron chi connectivity index (χ0n) is 19.9. The predicted octanol–water partition coefficient (Wildman–Crippen LogP) is 4.94. The summed E-state index contributed by atoms with van der Waals surface area (Å²) in [6.45, 7) is 5.41. The topological polar surface area (TPSA) is 69.5 Å². The molecule has 0 saturated heterocycles. The number of methoxy groups -OCH3 is 2. The fraction of sp³-hybridized carbons (Fsp3) is 0.400. The van der Waals surface area contributed by atoms with Crippen LogP contribution in [0.3, 0.4) is 0 Å². The second-order valence-corrected chi connectivity index (χ2v) is 8.83. The Hall–Kier alpha value is -2.84. The van der Waals surface area contributed by atoms with Gasteiger partial charge in [0.15, 0.2) is 11.0 Å². The molecule has 1 aromatic heterocycles. The standard InChI is InChI=1S/C25H32N4O3S/c1-6-14-28(3)24(30)22-13-8-7-10-20(22)17-33-25-27-26-23(29(25)18(2)16-31-4)19-11-9-12-21(15-19)32-5/h7-13,15,18H,6,14,16-17H2,1-5H3/t18-/m1/s1. The minimum atomic E-state index is 0.0289. The van der Waals surface area contributed by atoms with Crippen LogP contribution in [0.15, 0.2) is 53.7 Å². The molecule has 0 aliphatic heterocycles. The quantitative estimate of drug-likeness (QED) is 0.372. The minimum Gasteiger partial charge on any atom is -0.497 e. The highest BCUT2D eigenvalue weighted by Gasteiger charge is 2.21. The molecule has 7 nitrogen and oxygen atoms in total. The van der Waals surface area contributed by atoms with Gasteiger partial charge in [0.1, 0.15) is 5.75 Å². The molecule has 1 atom stereocenters. The van der Waals surface area contributed by atoms with Gasteiger partial charge in [0.2, 0.25) is 0 Å². The molecule has 1 amide bonds. The van der Waals surface area contributed by atoms with Gasteiger partial charge in [-0.2, -0.15) is 0 Å². The smallest absolute Gasteiger partial charge is 0.253 e. The number of carbonyl (C=O) groups excluding carboxylic acids is 1. The maximum atomic E-state index is 12.9. The van der Waals surface area contributed by atoms with Gasteiger partial charge in [-0.15, -0.1) is 10.2 Å². The second-order valence-electron chi connectivity index (χ2n) is 7.89. The van der Waals surface area contributed by atoms with Crippen LogP contribution in [0.25, 0.3) is 11.4 Å². The highest BCUT2D eigenvalue weighted by Crippen LogP contribution is 2.31. The number of hydrogen-bond acceptors (Lipinski definition) is 6. The van der Waals surface area contributed by atoms with Crippen molar-refractivity contribution in [1.82, 2.24) is 19.7 Å². The van der Waals surface area contributed by atoms with Crippen molar-refractivity contribution in [2.45, 2.75) is 37.2 Å². The summed E-state index contributed by atoms with van der Waals surface area (Å²) in [6, 6.07) is 15.6. The summed E-state index contributed by atoms with van der Waals surface area (Å²) < 4.78 is 12.9. The van der Waals surface area contributed by atoms with E-state index in [4.69, 9.17) is 9.47 Å². The number of carbonyl (C=O) groups is 1. The van der Waals surface area contributed by atoms with E-state index in [1.54, 1.807) is 30.9 Å². The largest absolute Gasteiger partial charge is 0.497 e. The van der Waals surface area contributed by atoms with Gasteiger partial charge in [0.05, 0.1) is 19.8 Å². The van der Waals surface area contributed by atoms with E-state index in [1.165, 1.54) is 0 Å². The van der Waals surface area contributed by atoms with Crippen LogP contribution in [-0.2, 0) is 10.5 Å². The van der Waals surface area contributed by atoms with Crippen molar-refractivity contribution in [3.63, 3.8) is 0 Å². The molecule has 0 bridgehead atoms. The Morgan fingerprint density at radius 1 is 1.15 bits per heavy atom. The summed E-state index contributed by atoms with van der Waals surface area (Å²) >= 11 is 1.57. The van der Waals surface area contributed by atoms with Crippen LogP contribution in [0.2, 0.25) is 0 Å². The Morgan fingerprint density at radius 2 is 1.94 bits per heavy atom. The lowest BCUT2D eigenvalue weighted by molar-refractivity contribution is 0.0794. The number of nitrogens with zero attached hydrogens (tertiary/aromatic N) is 4. The van der Waals surface area contributed by atoms with E-state index < -0.39 is 0 Å². The average Bonchev–Trinajstić information content (AvgIpc) is 3.27. The number of benzene rings is 2. The molecule has 3 aromatic rings. The van der Waals surface area contributed by atoms with Crippen molar-refractivity contribution >= 4 is 17.7 Å². The highest BCUT2D eigenvalue weighted by atomic mass is 32.2. The maximum absolute atomic E-state index is 12.9. The van der Waals surface area contributed by atoms with E-state index in [9.17, 15) is 4.79 Å². The van der Waals surface area contributed by atoms with Gasteiger partial charge in [-0.3, -0.25) is 9.36 Å². The molecule has 0 spiro atoms. The highest BCUT2D eigenvalue weighted by molar-refractivity contribution is 7.98. The predicted molar refractivity (Wildman–Crippen MR) is 132 cm³/mol. The molecule has 0 aliphatic carbocycles. The minimum absolute atomic E-state index is 0.0289. The fourth-order valence-electron chi connectivity index (χ4n) is 3.69.